The van der Waals surface area contributed by atoms with Crippen molar-refractivity contribution in [1.29, 1.82) is 0 Å². The Kier molecular flexibility index (Phi) is 5.16. The Hall–Kier alpha value is -0.810. The van der Waals surface area contributed by atoms with Crippen molar-refractivity contribution in [2.24, 2.45) is 11.8 Å². The minimum Gasteiger partial charge on any atom is -0.444 e. The number of piperidine rings is 1. The number of hydrogen-bond acceptors (Lipinski definition) is 4. The van der Waals surface area contributed by atoms with Gasteiger partial charge in [-0.05, 0) is 71.4 Å². The number of rotatable bonds is 4. The van der Waals surface area contributed by atoms with Gasteiger partial charge in [0.05, 0.1) is 0 Å². The summed E-state index contributed by atoms with van der Waals surface area (Å²) >= 11 is 0. The molecular weight excluding hydrogens is 290 g/mol. The van der Waals surface area contributed by atoms with Gasteiger partial charge in [-0.15, -0.1) is 0 Å². The van der Waals surface area contributed by atoms with Gasteiger partial charge < -0.3 is 20.3 Å². The van der Waals surface area contributed by atoms with Crippen molar-refractivity contribution in [2.75, 3.05) is 26.2 Å². The number of carbonyl (C=O) groups excluding carboxylic acids is 1. The Morgan fingerprint density at radius 3 is 2.70 bits per heavy atom. The number of nitrogens with zero attached hydrogens (tertiary/aromatic N) is 1. The van der Waals surface area contributed by atoms with Crippen LogP contribution in [0.1, 0.15) is 52.9 Å². The first-order valence-electron chi connectivity index (χ1n) is 9.36. The molecule has 2 bridgehead atoms. The second kappa shape index (κ2) is 6.98. The van der Waals surface area contributed by atoms with Crippen LogP contribution < -0.4 is 10.6 Å². The SMILES string of the molecule is CC(C)(C)OC(=O)NCC1CCCC1NC1CCN2CCC1C2. The standard InChI is InChI=1S/C18H33N3O2/c1-18(2,3)23-17(22)19-11-13-5-4-6-15(13)20-16-8-10-21-9-7-14(16)12-21/h13-16,20H,4-12H2,1-3H3,(H,19,22). The second-order valence-corrected chi connectivity index (χ2v) is 8.59. The average Bonchev–Trinajstić information content (AvgIpc) is 3.05. The van der Waals surface area contributed by atoms with Gasteiger partial charge in [0.1, 0.15) is 5.60 Å². The summed E-state index contributed by atoms with van der Waals surface area (Å²) in [5, 5.41) is 6.92. The zero-order valence-corrected chi connectivity index (χ0v) is 14.9. The van der Waals surface area contributed by atoms with E-state index in [1.807, 2.05) is 20.8 Å². The molecule has 2 aliphatic heterocycles. The van der Waals surface area contributed by atoms with Crippen molar-refractivity contribution < 1.29 is 9.53 Å². The molecule has 2 N–H and O–H groups in total. The fraction of sp³-hybridized carbons (Fsp3) is 0.944. The molecule has 3 rings (SSSR count). The van der Waals surface area contributed by atoms with Gasteiger partial charge in [-0.1, -0.05) is 6.42 Å². The van der Waals surface area contributed by atoms with Crippen molar-refractivity contribution in [3.8, 4) is 0 Å². The Balaban J connectivity index is 1.45. The highest BCUT2D eigenvalue weighted by atomic mass is 16.6. The minimum atomic E-state index is -0.423. The number of alkyl carbamates (subject to hydrolysis) is 1. The topological polar surface area (TPSA) is 53.6 Å². The number of hydrogen-bond donors (Lipinski definition) is 2. The molecule has 5 heteroatoms. The zero-order chi connectivity index (χ0) is 16.4. The highest BCUT2D eigenvalue weighted by Gasteiger charge is 2.37. The van der Waals surface area contributed by atoms with Crippen LogP contribution in [0.3, 0.4) is 0 Å². The molecule has 5 nitrogen and oxygen atoms in total. The van der Waals surface area contributed by atoms with Crippen molar-refractivity contribution in [1.82, 2.24) is 15.5 Å². The van der Waals surface area contributed by atoms with Gasteiger partial charge in [-0.3, -0.25) is 0 Å². The lowest BCUT2D eigenvalue weighted by atomic mass is 9.92. The lowest BCUT2D eigenvalue weighted by molar-refractivity contribution is 0.0516. The predicted molar refractivity (Wildman–Crippen MR) is 91.5 cm³/mol. The molecule has 5 atom stereocenters. The number of nitrogens with one attached hydrogen (secondary N) is 2. The smallest absolute Gasteiger partial charge is 0.407 e. The summed E-state index contributed by atoms with van der Waals surface area (Å²) in [6, 6.07) is 1.24. The molecule has 132 valence electrons. The molecular formula is C18H33N3O2. The normalized spacial score (nSPS) is 36.9. The average molecular weight is 323 g/mol. The van der Waals surface area contributed by atoms with Crippen molar-refractivity contribution >= 4 is 6.09 Å². The third-order valence-electron chi connectivity index (χ3n) is 5.63. The molecule has 3 fully saturated rings. The Morgan fingerprint density at radius 2 is 1.91 bits per heavy atom. The monoisotopic (exact) mass is 323 g/mol. The van der Waals surface area contributed by atoms with Crippen LogP contribution >= 0.6 is 0 Å². The fourth-order valence-electron chi connectivity index (χ4n) is 4.48. The van der Waals surface area contributed by atoms with E-state index in [1.165, 1.54) is 51.7 Å². The molecule has 1 saturated carbocycles. The van der Waals surface area contributed by atoms with Crippen LogP contribution in [-0.2, 0) is 4.74 Å². The van der Waals surface area contributed by atoms with Gasteiger partial charge in [-0.2, -0.15) is 0 Å². The van der Waals surface area contributed by atoms with Gasteiger partial charge >= 0.3 is 6.09 Å². The maximum atomic E-state index is 11.9. The molecule has 0 aromatic rings. The van der Waals surface area contributed by atoms with E-state index in [1.54, 1.807) is 0 Å². The Bertz CT molecular complexity index is 421. The number of amides is 1. The Labute approximate surface area is 140 Å². The van der Waals surface area contributed by atoms with Crippen LogP contribution in [-0.4, -0.2) is 54.9 Å². The largest absolute Gasteiger partial charge is 0.444 e. The van der Waals surface area contributed by atoms with Crippen LogP contribution in [0.25, 0.3) is 0 Å². The van der Waals surface area contributed by atoms with Gasteiger partial charge in [0.2, 0.25) is 0 Å². The number of ether oxygens (including phenoxy) is 1. The lowest BCUT2D eigenvalue weighted by Crippen LogP contribution is -2.50. The first kappa shape index (κ1) is 17.0. The molecule has 0 aromatic heterocycles. The van der Waals surface area contributed by atoms with Crippen LogP contribution in [0, 0.1) is 11.8 Å². The molecule has 1 amide bonds. The molecule has 2 heterocycles. The van der Waals surface area contributed by atoms with E-state index < -0.39 is 5.60 Å². The van der Waals surface area contributed by atoms with E-state index in [4.69, 9.17) is 4.74 Å². The van der Waals surface area contributed by atoms with E-state index in [9.17, 15) is 4.79 Å². The summed E-state index contributed by atoms with van der Waals surface area (Å²) in [6.45, 7) is 10.3. The highest BCUT2D eigenvalue weighted by molar-refractivity contribution is 5.67. The summed E-state index contributed by atoms with van der Waals surface area (Å²) < 4.78 is 5.35. The summed E-state index contributed by atoms with van der Waals surface area (Å²) in [7, 11) is 0. The second-order valence-electron chi connectivity index (χ2n) is 8.59. The molecule has 0 spiro atoms. The van der Waals surface area contributed by atoms with Crippen molar-refractivity contribution in [3.05, 3.63) is 0 Å². The van der Waals surface area contributed by atoms with Crippen LogP contribution in [0.4, 0.5) is 4.79 Å². The van der Waals surface area contributed by atoms with Crippen molar-refractivity contribution in [2.45, 2.75) is 70.6 Å². The predicted octanol–water partition coefficient (Wildman–Crippen LogP) is 2.36. The minimum absolute atomic E-state index is 0.285. The molecule has 0 aromatic carbocycles. The Morgan fingerprint density at radius 1 is 1.13 bits per heavy atom. The first-order valence-corrected chi connectivity index (χ1v) is 9.36. The third-order valence-corrected chi connectivity index (χ3v) is 5.63. The molecule has 3 aliphatic rings. The van der Waals surface area contributed by atoms with Gasteiger partial charge in [0, 0.05) is 25.2 Å². The first-order chi connectivity index (χ1) is 10.9. The summed E-state index contributed by atoms with van der Waals surface area (Å²) in [5.41, 5.74) is -0.423. The van der Waals surface area contributed by atoms with Gasteiger partial charge in [-0.25, -0.2) is 4.79 Å². The molecule has 2 saturated heterocycles. The maximum absolute atomic E-state index is 11.9. The van der Waals surface area contributed by atoms with E-state index in [0.29, 0.717) is 18.0 Å². The highest BCUT2D eigenvalue weighted by Crippen LogP contribution is 2.31. The number of carbonyl (C=O) groups is 1. The van der Waals surface area contributed by atoms with Crippen LogP contribution in [0.2, 0.25) is 0 Å². The van der Waals surface area contributed by atoms with Crippen LogP contribution in [0.5, 0.6) is 0 Å². The molecule has 1 aliphatic carbocycles. The van der Waals surface area contributed by atoms with Crippen LogP contribution in [0.15, 0.2) is 0 Å². The lowest BCUT2D eigenvalue weighted by Gasteiger charge is -2.35. The van der Waals surface area contributed by atoms with E-state index in [-0.39, 0.29) is 6.09 Å². The zero-order valence-electron chi connectivity index (χ0n) is 14.9. The number of fused-ring (bicyclic) bond motifs is 2. The third kappa shape index (κ3) is 4.60. The van der Waals surface area contributed by atoms with E-state index >= 15 is 0 Å². The summed E-state index contributed by atoms with van der Waals surface area (Å²) in [5.74, 6) is 1.38. The van der Waals surface area contributed by atoms with Gasteiger partial charge in [0.15, 0.2) is 0 Å². The van der Waals surface area contributed by atoms with Crippen molar-refractivity contribution in [3.63, 3.8) is 0 Å². The quantitative estimate of drug-likeness (QED) is 0.834. The van der Waals surface area contributed by atoms with E-state index in [2.05, 4.69) is 15.5 Å². The molecule has 0 radical (unpaired) electrons. The fourth-order valence-corrected chi connectivity index (χ4v) is 4.48. The molecule has 5 unspecified atom stereocenters. The molecule has 23 heavy (non-hydrogen) atoms. The summed E-state index contributed by atoms with van der Waals surface area (Å²) in [6.07, 6.45) is 6.07. The van der Waals surface area contributed by atoms with Gasteiger partial charge in [0.25, 0.3) is 0 Å². The maximum Gasteiger partial charge on any atom is 0.407 e. The van der Waals surface area contributed by atoms with E-state index in [0.717, 1.165) is 12.5 Å². The summed E-state index contributed by atoms with van der Waals surface area (Å²) in [4.78, 5) is 14.5.